The normalized spacial score (nSPS) is 24.4. The van der Waals surface area contributed by atoms with Crippen LogP contribution in [0, 0.1) is 28.4 Å². The number of hydrogen-bond acceptors (Lipinski definition) is 6. The number of nitrogens with zero attached hydrogens (tertiary/aromatic N) is 3. The maximum absolute atomic E-state index is 16.3. The summed E-state index contributed by atoms with van der Waals surface area (Å²) in [6, 6.07) is 14.2. The Labute approximate surface area is 284 Å². The monoisotopic (exact) mass is 685 g/mol. The summed E-state index contributed by atoms with van der Waals surface area (Å²) in [5.74, 6) is -2.75. The molecule has 7 nitrogen and oxygen atoms in total. The van der Waals surface area contributed by atoms with Crippen LogP contribution in [0.2, 0.25) is 10.0 Å². The number of ether oxygens (including phenoxy) is 1. The molecule has 3 aromatic carbocycles. The van der Waals surface area contributed by atoms with E-state index in [4.69, 9.17) is 27.9 Å². The molecule has 1 amide bonds. The van der Waals surface area contributed by atoms with Crippen molar-refractivity contribution in [2.75, 3.05) is 18.6 Å². The van der Waals surface area contributed by atoms with Gasteiger partial charge in [-0.15, -0.1) is 0 Å². The summed E-state index contributed by atoms with van der Waals surface area (Å²) in [5, 5.41) is 30.8. The Balaban J connectivity index is 1.86. The average Bonchev–Trinajstić information content (AvgIpc) is 3.46. The van der Waals surface area contributed by atoms with Crippen LogP contribution >= 0.6 is 23.2 Å². The fourth-order valence-corrected chi connectivity index (χ4v) is 7.90. The molecular weight excluding hydrogens is 647 g/mol. The quantitative estimate of drug-likeness (QED) is 0.217. The zero-order valence-electron chi connectivity index (χ0n) is 26.8. The molecule has 2 saturated heterocycles. The van der Waals surface area contributed by atoms with Crippen molar-refractivity contribution in [3.05, 3.63) is 93.0 Å². The molecule has 5 unspecified atom stereocenters. The summed E-state index contributed by atoms with van der Waals surface area (Å²) in [4.78, 5) is 18.7. The lowest BCUT2D eigenvalue weighted by Gasteiger charge is -2.42. The zero-order chi connectivity index (χ0) is 34.3. The van der Waals surface area contributed by atoms with Crippen LogP contribution in [0.1, 0.15) is 69.1 Å². The summed E-state index contributed by atoms with van der Waals surface area (Å²) in [6.45, 7) is 5.72. The maximum Gasteiger partial charge on any atom is 0.246 e. The van der Waals surface area contributed by atoms with Crippen molar-refractivity contribution in [2.24, 2.45) is 5.41 Å². The van der Waals surface area contributed by atoms with Gasteiger partial charge in [-0.25, -0.2) is 8.78 Å². The number of benzene rings is 3. The third-order valence-corrected chi connectivity index (χ3v) is 9.91. The van der Waals surface area contributed by atoms with Gasteiger partial charge in [-0.3, -0.25) is 14.6 Å². The summed E-state index contributed by atoms with van der Waals surface area (Å²) in [6.07, 6.45) is 1.05. The Morgan fingerprint density at radius 3 is 2.43 bits per heavy atom. The van der Waals surface area contributed by atoms with E-state index in [1.807, 2.05) is 25.7 Å². The first-order chi connectivity index (χ1) is 22.3. The fraction of sp³-hybridized carbons (Fsp3) is 0.444. The van der Waals surface area contributed by atoms with Gasteiger partial charge in [0.05, 0.1) is 36.7 Å². The summed E-state index contributed by atoms with van der Waals surface area (Å²) in [7, 11) is 1.47. The minimum absolute atomic E-state index is 0.0239. The topological polar surface area (TPSA) is 97.0 Å². The molecule has 250 valence electrons. The van der Waals surface area contributed by atoms with Crippen LogP contribution in [0.15, 0.2) is 54.6 Å². The van der Waals surface area contributed by atoms with Gasteiger partial charge in [0.15, 0.2) is 0 Å². The SMILES string of the molecule is COc1cc(CO)ccc1N1C(=O)C2C(c3cccc(Cl)c3F)C(C#N)(c3ccc(Cl)cc3F)C(CC(C)(C)C)N2C1CCCCO. The second-order valence-electron chi connectivity index (χ2n) is 13.5. The molecule has 5 atom stereocenters. The van der Waals surface area contributed by atoms with Gasteiger partial charge < -0.3 is 14.9 Å². The number of methoxy groups -OCH3 is 1. The molecule has 2 aliphatic rings. The number of carbonyl (C=O) groups excluding carboxylic acids is 1. The highest BCUT2D eigenvalue weighted by atomic mass is 35.5. The largest absolute Gasteiger partial charge is 0.495 e. The number of unbranched alkanes of at least 4 members (excludes halogenated alkanes) is 1. The summed E-state index contributed by atoms with van der Waals surface area (Å²) in [5.41, 5.74) is -1.09. The van der Waals surface area contributed by atoms with Crippen molar-refractivity contribution in [3.8, 4) is 11.8 Å². The Morgan fingerprint density at radius 1 is 1.06 bits per heavy atom. The predicted octanol–water partition coefficient (Wildman–Crippen LogP) is 7.34. The Morgan fingerprint density at radius 2 is 1.81 bits per heavy atom. The number of nitriles is 1. The second-order valence-corrected chi connectivity index (χ2v) is 14.3. The minimum Gasteiger partial charge on any atom is -0.495 e. The Bertz CT molecular complexity index is 1690. The van der Waals surface area contributed by atoms with Crippen LogP contribution in [-0.4, -0.2) is 53.0 Å². The van der Waals surface area contributed by atoms with E-state index in [9.17, 15) is 15.5 Å². The smallest absolute Gasteiger partial charge is 0.246 e. The lowest BCUT2D eigenvalue weighted by atomic mass is 9.62. The second kappa shape index (κ2) is 13.7. The van der Waals surface area contributed by atoms with Crippen molar-refractivity contribution in [2.45, 2.75) is 82.6 Å². The first-order valence-corrected chi connectivity index (χ1v) is 16.4. The van der Waals surface area contributed by atoms with E-state index in [2.05, 4.69) is 6.07 Å². The molecule has 0 aromatic heterocycles. The lowest BCUT2D eigenvalue weighted by Crippen LogP contribution is -2.52. The van der Waals surface area contributed by atoms with Gasteiger partial charge in [-0.2, -0.15) is 5.26 Å². The highest BCUT2D eigenvalue weighted by molar-refractivity contribution is 6.31. The predicted molar refractivity (Wildman–Crippen MR) is 177 cm³/mol. The molecule has 0 bridgehead atoms. The third-order valence-electron chi connectivity index (χ3n) is 9.39. The Kier molecular flexibility index (Phi) is 10.2. The van der Waals surface area contributed by atoms with Gasteiger partial charge in [-0.05, 0) is 72.6 Å². The number of amides is 1. The number of carbonyl (C=O) groups is 1. The van der Waals surface area contributed by atoms with Gasteiger partial charge in [0.2, 0.25) is 5.91 Å². The molecule has 5 rings (SSSR count). The highest BCUT2D eigenvalue weighted by Crippen LogP contribution is 2.60. The molecule has 0 spiro atoms. The van der Waals surface area contributed by atoms with Crippen molar-refractivity contribution >= 4 is 34.8 Å². The van der Waals surface area contributed by atoms with Crippen LogP contribution in [0.25, 0.3) is 0 Å². The number of fused-ring (bicyclic) bond motifs is 1. The minimum atomic E-state index is -1.75. The van der Waals surface area contributed by atoms with Gasteiger partial charge in [0, 0.05) is 29.2 Å². The fourth-order valence-electron chi connectivity index (χ4n) is 7.56. The molecule has 47 heavy (non-hydrogen) atoms. The van der Waals surface area contributed by atoms with Gasteiger partial charge >= 0.3 is 0 Å². The first kappa shape index (κ1) is 35.1. The molecular formula is C36H39Cl2F2N3O4. The number of aliphatic hydroxyl groups is 2. The number of aliphatic hydroxyl groups excluding tert-OH is 2. The van der Waals surface area contributed by atoms with Crippen molar-refractivity contribution in [1.29, 1.82) is 5.26 Å². The average molecular weight is 687 g/mol. The van der Waals surface area contributed by atoms with E-state index in [0.717, 1.165) is 6.07 Å². The van der Waals surface area contributed by atoms with Crippen LogP contribution in [0.3, 0.4) is 0 Å². The van der Waals surface area contributed by atoms with Gasteiger partial charge in [0.25, 0.3) is 0 Å². The lowest BCUT2D eigenvalue weighted by molar-refractivity contribution is -0.119. The molecule has 0 saturated carbocycles. The van der Waals surface area contributed by atoms with E-state index in [1.54, 1.807) is 29.2 Å². The molecule has 0 radical (unpaired) electrons. The summed E-state index contributed by atoms with van der Waals surface area (Å²) >= 11 is 12.5. The number of hydrogen-bond donors (Lipinski definition) is 2. The standard InChI is InChI=1S/C36H39Cl2F2N3O4/c1-35(2,3)18-29-36(20-41,24-13-12-22(37)17-26(24)39)31(23-8-7-9-25(38)32(23)40)33-34(46)42(30(43(29)33)10-5-6-15-44)27-14-11-21(19-45)16-28(27)47-4/h7-9,11-14,16-17,29-31,33,44-45H,5-6,10,15,18-19H2,1-4H3. The number of rotatable bonds is 10. The molecule has 3 aromatic rings. The molecule has 2 heterocycles. The van der Waals surface area contributed by atoms with Crippen molar-refractivity contribution < 1.29 is 28.5 Å². The number of anilines is 1. The Hall–Kier alpha value is -3.26. The zero-order valence-corrected chi connectivity index (χ0v) is 28.3. The molecule has 11 heteroatoms. The van der Waals surface area contributed by atoms with E-state index >= 15 is 13.6 Å². The van der Waals surface area contributed by atoms with Crippen molar-refractivity contribution in [3.63, 3.8) is 0 Å². The first-order valence-electron chi connectivity index (χ1n) is 15.6. The van der Waals surface area contributed by atoms with Crippen molar-refractivity contribution in [1.82, 2.24) is 4.90 Å². The van der Waals surface area contributed by atoms with E-state index < -0.39 is 52.5 Å². The highest BCUT2D eigenvalue weighted by Gasteiger charge is 2.70. The molecule has 2 N–H and O–H groups in total. The van der Waals surface area contributed by atoms with Crippen LogP contribution in [0.4, 0.5) is 14.5 Å². The summed E-state index contributed by atoms with van der Waals surface area (Å²) < 4.78 is 38.2. The third kappa shape index (κ3) is 6.11. The van der Waals surface area contributed by atoms with Gasteiger partial charge in [-0.1, -0.05) is 68.2 Å². The van der Waals surface area contributed by atoms with E-state index in [-0.39, 0.29) is 34.4 Å². The van der Waals surface area contributed by atoms with E-state index in [1.165, 1.54) is 31.4 Å². The van der Waals surface area contributed by atoms with E-state index in [0.29, 0.717) is 42.7 Å². The van der Waals surface area contributed by atoms with Gasteiger partial charge in [0.1, 0.15) is 28.8 Å². The number of halogens is 4. The van der Waals surface area contributed by atoms with Crippen LogP contribution in [0.5, 0.6) is 5.75 Å². The maximum atomic E-state index is 16.3. The van der Waals surface area contributed by atoms with Crippen LogP contribution < -0.4 is 9.64 Å². The molecule has 2 aliphatic heterocycles. The molecule has 2 fully saturated rings. The molecule has 0 aliphatic carbocycles. The van der Waals surface area contributed by atoms with Crippen LogP contribution in [-0.2, 0) is 16.8 Å².